The number of carbonyl (C=O) groups is 6. The van der Waals surface area contributed by atoms with Gasteiger partial charge in [0.2, 0.25) is 24.7 Å². The Morgan fingerprint density at radius 2 is 0.915 bits per heavy atom. The number of ether oxygens (including phenoxy) is 10. The van der Waals surface area contributed by atoms with Crippen LogP contribution in [0, 0.1) is 0 Å². The molecule has 0 spiro atoms. The van der Waals surface area contributed by atoms with Gasteiger partial charge in [0.1, 0.15) is 37.1 Å². The molecule has 4 heterocycles. The predicted octanol–water partition coefficient (Wildman–Crippen LogP) is 6.16. The third kappa shape index (κ3) is 16.8. The number of halogens is 4. The maximum absolute atomic E-state index is 16.0. The molecule has 0 saturated carbocycles. The third-order valence-corrected chi connectivity index (χ3v) is 10.2. The van der Waals surface area contributed by atoms with Crippen molar-refractivity contribution in [3.63, 3.8) is 0 Å². The molecule has 28 heteroatoms. The number of amides is 2. The number of unbranched alkanes of at least 4 members (excludes halogenated alkanes) is 4. The van der Waals surface area contributed by atoms with Crippen LogP contribution in [-0.2, 0) is 57.0 Å². The lowest BCUT2D eigenvalue weighted by atomic mass is 10.1. The Labute approximate surface area is 403 Å². The lowest BCUT2D eigenvalue weighted by molar-refractivity contribution is -0.152. The van der Waals surface area contributed by atoms with Crippen LogP contribution < -0.4 is 22.0 Å². The lowest BCUT2D eigenvalue weighted by Crippen LogP contribution is -2.45. The highest BCUT2D eigenvalue weighted by atomic mass is 19.3. The number of nitrogens with zero attached hydrogens (tertiary/aromatic N) is 4. The van der Waals surface area contributed by atoms with E-state index in [1.54, 1.807) is 13.8 Å². The Morgan fingerprint density at radius 1 is 0.563 bits per heavy atom. The fraction of sp³-hybridized carbons (Fsp3) is 0.674. The van der Waals surface area contributed by atoms with E-state index in [-0.39, 0.29) is 44.5 Å². The summed E-state index contributed by atoms with van der Waals surface area (Å²) in [5, 5.41) is 4.40. The zero-order valence-electron chi connectivity index (χ0n) is 39.4. The van der Waals surface area contributed by atoms with Crippen LogP contribution >= 0.6 is 0 Å². The summed E-state index contributed by atoms with van der Waals surface area (Å²) >= 11 is 0. The van der Waals surface area contributed by atoms with Crippen molar-refractivity contribution in [3.05, 3.63) is 45.5 Å². The number of anilines is 2. The number of esters is 2. The van der Waals surface area contributed by atoms with E-state index in [0.717, 1.165) is 37.4 Å². The van der Waals surface area contributed by atoms with Crippen LogP contribution in [0.1, 0.15) is 111 Å². The number of alkyl halides is 4. The lowest BCUT2D eigenvalue weighted by Gasteiger charge is -2.24. The summed E-state index contributed by atoms with van der Waals surface area (Å²) in [7, 11) is 0. The van der Waals surface area contributed by atoms with E-state index in [9.17, 15) is 38.4 Å². The first-order valence-electron chi connectivity index (χ1n) is 23.0. The van der Waals surface area contributed by atoms with E-state index in [2.05, 4.69) is 20.6 Å². The van der Waals surface area contributed by atoms with Crippen LogP contribution in [0.2, 0.25) is 0 Å². The Kier molecular flexibility index (Phi) is 22.3. The number of hydrogen-bond donors (Lipinski definition) is 2. The fourth-order valence-electron chi connectivity index (χ4n) is 6.46. The van der Waals surface area contributed by atoms with E-state index < -0.39 is 123 Å². The largest absolute Gasteiger partial charge is 0.508 e. The van der Waals surface area contributed by atoms with Crippen LogP contribution in [-0.4, -0.2) is 131 Å². The van der Waals surface area contributed by atoms with Crippen LogP contribution in [0.5, 0.6) is 0 Å². The average molecular weight is 1020 g/mol. The second-order valence-electron chi connectivity index (χ2n) is 15.8. The highest BCUT2D eigenvalue weighted by molar-refractivity contribution is 5.83. The van der Waals surface area contributed by atoms with Crippen molar-refractivity contribution < 1.29 is 93.7 Å². The van der Waals surface area contributed by atoms with Gasteiger partial charge in [-0.15, -0.1) is 0 Å². The smallest absolute Gasteiger partial charge is 0.463 e. The SMILES string of the molecule is CCCCOC(=O)Nc1ccn([C@H]2O[C@H](COC(=O)CCCC(=O)OC[C@H]3O[C@@H](n4ccc(NC(=O)OCCCC)nc4=O)C(F)(F)[C@@H]3OC(=O)OCCCC)C(OC(=O)OCCCC)C2(F)F)c(=O)n1. The summed E-state index contributed by atoms with van der Waals surface area (Å²) in [5.41, 5.74) is -2.63. The van der Waals surface area contributed by atoms with Gasteiger partial charge in [0, 0.05) is 25.2 Å². The molecule has 2 amide bonds. The minimum atomic E-state index is -4.17. The molecule has 1 unspecified atom stereocenters. The molecule has 2 fully saturated rings. The summed E-state index contributed by atoms with van der Waals surface area (Å²) in [6.07, 6.45) is -13.8. The standard InChI is InChI=1S/C43H58F4N6O18/c1-5-9-20-62-38(58)50-28-16-18-52(36(56)48-28)34-42(44,45)32(70-40(60)64-22-11-7-3)26(68-34)24-66-30(54)14-13-15-31(55)67-25-27-33(71-41(61)65-23-12-8-4)43(46,47)35(69-27)53-19-17-29(49-37(53)57)51-39(59)63-21-10-6-2/h16-19,26-27,32-35H,5-15,20-25H2,1-4H3,(H,48,50,56,58)(H,49,51,57,59)/t26-,27-,32-,33?,34-,35+/m1/s1. The minimum absolute atomic E-state index is 0.0758. The first-order chi connectivity index (χ1) is 33.8. The summed E-state index contributed by atoms with van der Waals surface area (Å²) in [4.78, 5) is 107. The molecule has 2 saturated heterocycles. The zero-order valence-corrected chi connectivity index (χ0v) is 39.4. The van der Waals surface area contributed by atoms with Crippen LogP contribution in [0.15, 0.2) is 34.1 Å². The van der Waals surface area contributed by atoms with Gasteiger partial charge < -0.3 is 47.4 Å². The highest BCUT2D eigenvalue weighted by Crippen LogP contribution is 2.45. The molecule has 0 aliphatic carbocycles. The van der Waals surface area contributed by atoms with Crippen LogP contribution in [0.4, 0.5) is 48.4 Å². The molecule has 2 aliphatic rings. The zero-order chi connectivity index (χ0) is 52.1. The number of nitrogens with one attached hydrogen (secondary N) is 2. The van der Waals surface area contributed by atoms with Gasteiger partial charge in [0.15, 0.2) is 0 Å². The molecule has 4 rings (SSSR count). The first-order valence-corrected chi connectivity index (χ1v) is 23.0. The molecule has 2 aromatic heterocycles. The normalized spacial score (nSPS) is 20.8. The average Bonchev–Trinajstić information content (AvgIpc) is 3.70. The van der Waals surface area contributed by atoms with Gasteiger partial charge in [-0.05, 0) is 44.2 Å². The summed E-state index contributed by atoms with van der Waals surface area (Å²) < 4.78 is 115. The van der Waals surface area contributed by atoms with E-state index in [1.807, 2.05) is 13.8 Å². The molecule has 2 aliphatic heterocycles. The van der Waals surface area contributed by atoms with Gasteiger partial charge in [0.05, 0.1) is 26.4 Å². The fourth-order valence-corrected chi connectivity index (χ4v) is 6.46. The highest BCUT2D eigenvalue weighted by Gasteiger charge is 2.64. The molecule has 24 nitrogen and oxygen atoms in total. The molecule has 2 aromatic rings. The van der Waals surface area contributed by atoms with Gasteiger partial charge in [-0.3, -0.25) is 29.4 Å². The number of carbonyl (C=O) groups excluding carboxylic acids is 6. The van der Waals surface area contributed by atoms with Crippen molar-refractivity contribution in [2.24, 2.45) is 0 Å². The Bertz CT molecular complexity index is 2080. The van der Waals surface area contributed by atoms with Crippen molar-refractivity contribution >= 4 is 48.1 Å². The molecule has 396 valence electrons. The first kappa shape index (κ1) is 57.0. The van der Waals surface area contributed by atoms with Crippen LogP contribution in [0.3, 0.4) is 0 Å². The molecule has 0 aromatic carbocycles. The van der Waals surface area contributed by atoms with Gasteiger partial charge in [-0.2, -0.15) is 27.5 Å². The van der Waals surface area contributed by atoms with Gasteiger partial charge in [-0.25, -0.2) is 28.8 Å². The van der Waals surface area contributed by atoms with Crippen molar-refractivity contribution in [1.29, 1.82) is 0 Å². The quantitative estimate of drug-likeness (QED) is 0.0461. The summed E-state index contributed by atoms with van der Waals surface area (Å²) in [5.74, 6) is -11.1. The third-order valence-electron chi connectivity index (χ3n) is 10.2. The molecule has 71 heavy (non-hydrogen) atoms. The van der Waals surface area contributed by atoms with Crippen molar-refractivity contribution in [3.8, 4) is 0 Å². The van der Waals surface area contributed by atoms with Crippen LogP contribution in [0.25, 0.3) is 0 Å². The van der Waals surface area contributed by atoms with Gasteiger partial charge >= 0.3 is 59.7 Å². The Morgan fingerprint density at radius 3 is 1.25 bits per heavy atom. The van der Waals surface area contributed by atoms with Crippen molar-refractivity contribution in [1.82, 2.24) is 19.1 Å². The van der Waals surface area contributed by atoms with Crippen molar-refractivity contribution in [2.75, 3.05) is 50.3 Å². The topological polar surface area (TPSA) is 289 Å². The Balaban J connectivity index is 1.37. The predicted molar refractivity (Wildman–Crippen MR) is 232 cm³/mol. The summed E-state index contributed by atoms with van der Waals surface area (Å²) in [6, 6.07) is 2.02. The molecular weight excluding hydrogens is 964 g/mol. The maximum atomic E-state index is 16.0. The Hall–Kier alpha value is -6.58. The van der Waals surface area contributed by atoms with Gasteiger partial charge in [-0.1, -0.05) is 53.4 Å². The minimum Gasteiger partial charge on any atom is -0.463 e. The maximum Gasteiger partial charge on any atom is 0.508 e. The van der Waals surface area contributed by atoms with Gasteiger partial charge in [0.25, 0.3) is 0 Å². The second-order valence-corrected chi connectivity index (χ2v) is 15.8. The molecule has 2 N–H and O–H groups in total. The molecule has 6 atom stereocenters. The number of rotatable bonds is 26. The van der Waals surface area contributed by atoms with E-state index in [0.29, 0.717) is 47.7 Å². The monoisotopic (exact) mass is 1020 g/mol. The second kappa shape index (κ2) is 27.7. The number of hydrogen-bond acceptors (Lipinski definition) is 20. The number of aromatic nitrogens is 4. The summed E-state index contributed by atoms with van der Waals surface area (Å²) in [6.45, 7) is 5.17. The van der Waals surface area contributed by atoms with E-state index >= 15 is 17.6 Å². The van der Waals surface area contributed by atoms with Crippen molar-refractivity contribution in [2.45, 2.75) is 147 Å². The molecule has 0 bridgehead atoms. The van der Waals surface area contributed by atoms with E-state index in [4.69, 9.17) is 47.4 Å². The molecular formula is C43H58F4N6O18. The van der Waals surface area contributed by atoms with E-state index in [1.165, 1.54) is 0 Å². The molecule has 0 radical (unpaired) electrons.